The number of rotatable bonds is 8. The second-order valence-electron chi connectivity index (χ2n) is 4.57. The molecule has 0 aromatic rings. The Bertz CT molecular complexity index is 168. The molecule has 1 amide bonds. The van der Waals surface area contributed by atoms with Gasteiger partial charge in [0.1, 0.15) is 0 Å². The zero-order valence-corrected chi connectivity index (χ0v) is 10.8. The van der Waals surface area contributed by atoms with Crippen molar-refractivity contribution in [2.75, 3.05) is 0 Å². The topological polar surface area (TPSA) is 29.1 Å². The van der Waals surface area contributed by atoms with Gasteiger partial charge in [-0.05, 0) is 18.8 Å². The highest BCUT2D eigenvalue weighted by molar-refractivity contribution is 5.73. The Labute approximate surface area is 94.8 Å². The van der Waals surface area contributed by atoms with E-state index < -0.39 is 0 Å². The highest BCUT2D eigenvalue weighted by atomic mass is 16.1. The molecule has 0 radical (unpaired) electrons. The molecule has 0 aliphatic carbocycles. The fraction of sp³-hybridized carbons (Fsp3) is 0.923. The van der Waals surface area contributed by atoms with Crippen LogP contribution in [-0.2, 0) is 4.79 Å². The SMILES string of the molecule is CCCCC(C)C(CCCC)NC(C)=O. The minimum atomic E-state index is 0.111. The van der Waals surface area contributed by atoms with Crippen molar-refractivity contribution >= 4 is 5.91 Å². The third kappa shape index (κ3) is 7.40. The lowest BCUT2D eigenvalue weighted by molar-refractivity contribution is -0.120. The molecule has 90 valence electrons. The van der Waals surface area contributed by atoms with Gasteiger partial charge in [-0.15, -0.1) is 0 Å². The molecule has 2 atom stereocenters. The minimum absolute atomic E-state index is 0.111. The van der Waals surface area contributed by atoms with E-state index in [1.54, 1.807) is 6.92 Å². The van der Waals surface area contributed by atoms with E-state index in [1.165, 1.54) is 32.1 Å². The number of unbranched alkanes of at least 4 members (excludes halogenated alkanes) is 2. The molecule has 0 spiro atoms. The highest BCUT2D eigenvalue weighted by Crippen LogP contribution is 2.17. The summed E-state index contributed by atoms with van der Waals surface area (Å²) in [6.45, 7) is 8.28. The van der Waals surface area contributed by atoms with Gasteiger partial charge in [0, 0.05) is 13.0 Å². The van der Waals surface area contributed by atoms with E-state index in [2.05, 4.69) is 26.1 Å². The van der Waals surface area contributed by atoms with E-state index in [-0.39, 0.29) is 5.91 Å². The zero-order chi connectivity index (χ0) is 11.7. The van der Waals surface area contributed by atoms with E-state index in [0.717, 1.165) is 6.42 Å². The van der Waals surface area contributed by atoms with Crippen molar-refractivity contribution in [3.63, 3.8) is 0 Å². The van der Waals surface area contributed by atoms with Crippen LogP contribution in [0.25, 0.3) is 0 Å². The first-order valence-corrected chi connectivity index (χ1v) is 6.38. The minimum Gasteiger partial charge on any atom is -0.353 e. The number of hydrogen-bond donors (Lipinski definition) is 1. The summed E-state index contributed by atoms with van der Waals surface area (Å²) in [5, 5.41) is 3.08. The van der Waals surface area contributed by atoms with Crippen LogP contribution < -0.4 is 5.32 Å². The summed E-state index contributed by atoms with van der Waals surface area (Å²) < 4.78 is 0. The highest BCUT2D eigenvalue weighted by Gasteiger charge is 2.16. The van der Waals surface area contributed by atoms with Crippen LogP contribution in [0.3, 0.4) is 0 Å². The normalized spacial score (nSPS) is 14.7. The van der Waals surface area contributed by atoms with Crippen molar-refractivity contribution < 1.29 is 4.79 Å². The molecule has 0 aliphatic heterocycles. The molecule has 2 nitrogen and oxygen atoms in total. The Morgan fingerprint density at radius 3 is 2.13 bits per heavy atom. The van der Waals surface area contributed by atoms with Crippen molar-refractivity contribution in [1.82, 2.24) is 5.32 Å². The molecule has 2 heteroatoms. The predicted octanol–water partition coefficient (Wildman–Crippen LogP) is 3.51. The fourth-order valence-corrected chi connectivity index (χ4v) is 1.91. The number of amides is 1. The van der Waals surface area contributed by atoms with Crippen LogP contribution in [0.1, 0.15) is 66.2 Å². The first-order valence-electron chi connectivity index (χ1n) is 6.38. The third-order valence-corrected chi connectivity index (χ3v) is 2.96. The lowest BCUT2D eigenvalue weighted by Gasteiger charge is -2.24. The van der Waals surface area contributed by atoms with E-state index >= 15 is 0 Å². The molecule has 0 aliphatic rings. The lowest BCUT2D eigenvalue weighted by atomic mass is 9.92. The molecule has 0 heterocycles. The molecule has 0 bridgehead atoms. The van der Waals surface area contributed by atoms with Crippen LogP contribution in [-0.4, -0.2) is 11.9 Å². The predicted molar refractivity (Wildman–Crippen MR) is 65.8 cm³/mol. The summed E-state index contributed by atoms with van der Waals surface area (Å²) in [5.41, 5.74) is 0. The average molecular weight is 213 g/mol. The standard InChI is InChI=1S/C13H27NO/c1-5-7-9-11(3)13(10-8-6-2)14-12(4)15/h11,13H,5-10H2,1-4H3,(H,14,15). The maximum atomic E-state index is 11.1. The van der Waals surface area contributed by atoms with Gasteiger partial charge < -0.3 is 5.32 Å². The Morgan fingerprint density at radius 1 is 1.13 bits per heavy atom. The number of hydrogen-bond acceptors (Lipinski definition) is 1. The van der Waals surface area contributed by atoms with Crippen molar-refractivity contribution in [2.24, 2.45) is 5.92 Å². The van der Waals surface area contributed by atoms with Gasteiger partial charge in [0.2, 0.25) is 5.91 Å². The van der Waals surface area contributed by atoms with Gasteiger partial charge in [-0.1, -0.05) is 46.5 Å². The van der Waals surface area contributed by atoms with Crippen molar-refractivity contribution in [3.05, 3.63) is 0 Å². The summed E-state index contributed by atoms with van der Waals surface area (Å²) in [7, 11) is 0. The van der Waals surface area contributed by atoms with Crippen LogP contribution in [0.15, 0.2) is 0 Å². The Kier molecular flexibility index (Phi) is 8.44. The van der Waals surface area contributed by atoms with Crippen LogP contribution >= 0.6 is 0 Å². The molecule has 0 saturated carbocycles. The van der Waals surface area contributed by atoms with Gasteiger partial charge >= 0.3 is 0 Å². The second-order valence-corrected chi connectivity index (χ2v) is 4.57. The maximum absolute atomic E-state index is 11.1. The van der Waals surface area contributed by atoms with Crippen LogP contribution in [0, 0.1) is 5.92 Å². The molecule has 0 rings (SSSR count). The van der Waals surface area contributed by atoms with Crippen LogP contribution in [0.2, 0.25) is 0 Å². The number of nitrogens with one attached hydrogen (secondary N) is 1. The second kappa shape index (κ2) is 8.75. The van der Waals surface area contributed by atoms with E-state index in [4.69, 9.17) is 0 Å². The third-order valence-electron chi connectivity index (χ3n) is 2.96. The van der Waals surface area contributed by atoms with Gasteiger partial charge in [0.25, 0.3) is 0 Å². The molecular formula is C13H27NO. The van der Waals surface area contributed by atoms with E-state index in [9.17, 15) is 4.79 Å². The lowest BCUT2D eigenvalue weighted by Crippen LogP contribution is -2.38. The molecular weight excluding hydrogens is 186 g/mol. The van der Waals surface area contributed by atoms with Gasteiger partial charge in [-0.25, -0.2) is 0 Å². The Morgan fingerprint density at radius 2 is 1.67 bits per heavy atom. The van der Waals surface area contributed by atoms with Crippen LogP contribution in [0.5, 0.6) is 0 Å². The van der Waals surface area contributed by atoms with Crippen molar-refractivity contribution in [2.45, 2.75) is 72.3 Å². The first kappa shape index (κ1) is 14.5. The van der Waals surface area contributed by atoms with Gasteiger partial charge in [0.05, 0.1) is 0 Å². The van der Waals surface area contributed by atoms with Crippen LogP contribution in [0.4, 0.5) is 0 Å². The first-order chi connectivity index (χ1) is 7.11. The summed E-state index contributed by atoms with van der Waals surface area (Å²) in [6.07, 6.45) is 7.28. The van der Waals surface area contributed by atoms with E-state index in [0.29, 0.717) is 12.0 Å². The number of carbonyl (C=O) groups excluding carboxylic acids is 1. The average Bonchev–Trinajstić information content (AvgIpc) is 2.20. The fourth-order valence-electron chi connectivity index (χ4n) is 1.91. The summed E-state index contributed by atoms with van der Waals surface area (Å²) >= 11 is 0. The van der Waals surface area contributed by atoms with Gasteiger partial charge in [-0.3, -0.25) is 4.79 Å². The Hall–Kier alpha value is -0.530. The quantitative estimate of drug-likeness (QED) is 0.657. The molecule has 0 saturated heterocycles. The maximum Gasteiger partial charge on any atom is 0.217 e. The molecule has 0 fully saturated rings. The molecule has 2 unspecified atom stereocenters. The summed E-state index contributed by atoms with van der Waals surface area (Å²) in [4.78, 5) is 11.1. The molecule has 0 aromatic heterocycles. The van der Waals surface area contributed by atoms with Crippen molar-refractivity contribution in [1.29, 1.82) is 0 Å². The van der Waals surface area contributed by atoms with Gasteiger partial charge in [0.15, 0.2) is 0 Å². The largest absolute Gasteiger partial charge is 0.353 e. The van der Waals surface area contributed by atoms with Gasteiger partial charge in [-0.2, -0.15) is 0 Å². The Balaban J connectivity index is 4.01. The molecule has 0 aromatic carbocycles. The summed E-state index contributed by atoms with van der Waals surface area (Å²) in [6, 6.07) is 0.383. The monoisotopic (exact) mass is 213 g/mol. The molecule has 1 N–H and O–H groups in total. The summed E-state index contributed by atoms with van der Waals surface area (Å²) in [5.74, 6) is 0.722. The van der Waals surface area contributed by atoms with E-state index in [1.807, 2.05) is 0 Å². The number of carbonyl (C=O) groups is 1. The zero-order valence-electron chi connectivity index (χ0n) is 10.8. The molecule has 15 heavy (non-hydrogen) atoms. The van der Waals surface area contributed by atoms with Crippen molar-refractivity contribution in [3.8, 4) is 0 Å². The smallest absolute Gasteiger partial charge is 0.217 e.